The summed E-state index contributed by atoms with van der Waals surface area (Å²) >= 11 is 1.43. The fraction of sp³-hybridized carbons (Fsp3) is 0.286. The monoisotopic (exact) mass is 277 g/mol. The number of carbonyl (C=O) groups excluding carboxylic acids is 1. The van der Waals surface area contributed by atoms with Crippen LogP contribution in [0.25, 0.3) is 11.3 Å². The van der Waals surface area contributed by atoms with Gasteiger partial charge in [-0.15, -0.1) is 11.3 Å². The van der Waals surface area contributed by atoms with Crippen molar-refractivity contribution in [2.45, 2.75) is 19.4 Å². The normalized spacial score (nSPS) is 12.1. The lowest BCUT2D eigenvalue weighted by atomic mass is 10.2. The largest absolute Gasteiger partial charge is 0.464 e. The van der Waals surface area contributed by atoms with E-state index in [0.29, 0.717) is 0 Å². The fourth-order valence-corrected chi connectivity index (χ4v) is 2.47. The fourth-order valence-electron chi connectivity index (χ4n) is 1.63. The first-order valence-corrected chi connectivity index (χ1v) is 6.93. The zero-order valence-electron chi connectivity index (χ0n) is 10.6. The number of ether oxygens (including phenoxy) is 1. The molecule has 1 aromatic carbocycles. The highest BCUT2D eigenvalue weighted by Gasteiger charge is 2.18. The van der Waals surface area contributed by atoms with E-state index < -0.39 is 12.1 Å². The summed E-state index contributed by atoms with van der Waals surface area (Å²) in [6, 6.07) is 9.78. The van der Waals surface area contributed by atoms with Crippen LogP contribution in [0, 0.1) is 0 Å². The summed E-state index contributed by atoms with van der Waals surface area (Å²) in [5, 5.41) is 12.3. The van der Waals surface area contributed by atoms with E-state index in [9.17, 15) is 9.90 Å². The molecule has 100 valence electrons. The van der Waals surface area contributed by atoms with Crippen LogP contribution in [0.1, 0.15) is 11.9 Å². The smallest absolute Gasteiger partial charge is 0.335 e. The molecule has 0 saturated heterocycles. The minimum atomic E-state index is -1.14. The minimum Gasteiger partial charge on any atom is -0.464 e. The van der Waals surface area contributed by atoms with Crippen LogP contribution in [-0.2, 0) is 16.0 Å². The van der Waals surface area contributed by atoms with Gasteiger partial charge in [0.25, 0.3) is 0 Å². The third-order valence-electron chi connectivity index (χ3n) is 2.55. The number of hydrogen-bond acceptors (Lipinski definition) is 5. The summed E-state index contributed by atoms with van der Waals surface area (Å²) in [7, 11) is 0. The summed E-state index contributed by atoms with van der Waals surface area (Å²) < 4.78 is 4.76. The Hall–Kier alpha value is -1.72. The first-order chi connectivity index (χ1) is 9.20. The van der Waals surface area contributed by atoms with Gasteiger partial charge in [-0.05, 0) is 6.92 Å². The number of hydrogen-bond donors (Lipinski definition) is 1. The average molecular weight is 277 g/mol. The number of aromatic nitrogens is 1. The second kappa shape index (κ2) is 6.45. The SMILES string of the molecule is CCOC(=O)C(O)Cc1nc(-c2ccccc2)cs1. The van der Waals surface area contributed by atoms with E-state index in [-0.39, 0.29) is 13.0 Å². The molecule has 0 amide bonds. The number of aliphatic hydroxyl groups excluding tert-OH is 1. The molecule has 0 spiro atoms. The predicted octanol–water partition coefficient (Wildman–Crippen LogP) is 2.28. The van der Waals surface area contributed by atoms with E-state index in [1.807, 2.05) is 35.7 Å². The lowest BCUT2D eigenvalue weighted by Crippen LogP contribution is -2.25. The maximum Gasteiger partial charge on any atom is 0.335 e. The Balaban J connectivity index is 2.04. The Morgan fingerprint density at radius 2 is 2.16 bits per heavy atom. The van der Waals surface area contributed by atoms with E-state index in [4.69, 9.17) is 4.74 Å². The molecule has 0 saturated carbocycles. The summed E-state index contributed by atoms with van der Waals surface area (Å²) in [4.78, 5) is 15.7. The quantitative estimate of drug-likeness (QED) is 0.852. The zero-order valence-corrected chi connectivity index (χ0v) is 11.4. The maximum atomic E-state index is 11.3. The van der Waals surface area contributed by atoms with Crippen molar-refractivity contribution in [2.24, 2.45) is 0 Å². The minimum absolute atomic E-state index is 0.191. The molecule has 0 fully saturated rings. The average Bonchev–Trinajstić information content (AvgIpc) is 2.88. The Kier molecular flexibility index (Phi) is 4.65. The van der Waals surface area contributed by atoms with Crippen LogP contribution >= 0.6 is 11.3 Å². The van der Waals surface area contributed by atoms with Crippen molar-refractivity contribution in [3.63, 3.8) is 0 Å². The molecule has 5 heteroatoms. The predicted molar refractivity (Wildman–Crippen MR) is 73.9 cm³/mol. The highest BCUT2D eigenvalue weighted by Crippen LogP contribution is 2.22. The summed E-state index contributed by atoms with van der Waals surface area (Å²) in [6.07, 6.45) is -0.953. The maximum absolute atomic E-state index is 11.3. The first kappa shape index (κ1) is 13.7. The highest BCUT2D eigenvalue weighted by molar-refractivity contribution is 7.10. The van der Waals surface area contributed by atoms with Crippen molar-refractivity contribution in [1.29, 1.82) is 0 Å². The molecule has 1 unspecified atom stereocenters. The molecule has 0 aliphatic heterocycles. The molecule has 4 nitrogen and oxygen atoms in total. The summed E-state index contributed by atoms with van der Waals surface area (Å²) in [5.74, 6) is -0.598. The van der Waals surface area contributed by atoms with Crippen LogP contribution < -0.4 is 0 Å². The van der Waals surface area contributed by atoms with E-state index in [0.717, 1.165) is 16.3 Å². The standard InChI is InChI=1S/C14H15NO3S/c1-2-18-14(17)12(16)8-13-15-11(9-19-13)10-6-4-3-5-7-10/h3-7,9,12,16H,2,8H2,1H3. The van der Waals surface area contributed by atoms with Gasteiger partial charge in [0.05, 0.1) is 17.3 Å². The number of thiazole rings is 1. The van der Waals surface area contributed by atoms with Gasteiger partial charge in [0, 0.05) is 17.4 Å². The lowest BCUT2D eigenvalue weighted by molar-refractivity contribution is -0.152. The number of rotatable bonds is 5. The van der Waals surface area contributed by atoms with Gasteiger partial charge in [-0.3, -0.25) is 0 Å². The van der Waals surface area contributed by atoms with Gasteiger partial charge in [0.2, 0.25) is 0 Å². The molecular weight excluding hydrogens is 262 g/mol. The first-order valence-electron chi connectivity index (χ1n) is 6.05. The highest BCUT2D eigenvalue weighted by atomic mass is 32.1. The van der Waals surface area contributed by atoms with Crippen LogP contribution in [0.3, 0.4) is 0 Å². The van der Waals surface area contributed by atoms with E-state index >= 15 is 0 Å². The van der Waals surface area contributed by atoms with Crippen LogP contribution in [0.4, 0.5) is 0 Å². The van der Waals surface area contributed by atoms with Gasteiger partial charge >= 0.3 is 5.97 Å². The number of benzene rings is 1. The molecule has 0 aliphatic rings. The molecule has 19 heavy (non-hydrogen) atoms. The van der Waals surface area contributed by atoms with Gasteiger partial charge in [0.15, 0.2) is 6.10 Å². The van der Waals surface area contributed by atoms with Crippen LogP contribution in [0.2, 0.25) is 0 Å². The van der Waals surface area contributed by atoms with Crippen LogP contribution in [-0.4, -0.2) is 28.8 Å². The van der Waals surface area contributed by atoms with E-state index in [2.05, 4.69) is 4.98 Å². The molecule has 0 radical (unpaired) electrons. The van der Waals surface area contributed by atoms with Gasteiger partial charge in [-0.1, -0.05) is 30.3 Å². The van der Waals surface area contributed by atoms with Crippen molar-refractivity contribution >= 4 is 17.3 Å². The Bertz CT molecular complexity index is 539. The molecule has 2 rings (SSSR count). The van der Waals surface area contributed by atoms with Gasteiger partial charge in [0.1, 0.15) is 0 Å². The zero-order chi connectivity index (χ0) is 13.7. The Morgan fingerprint density at radius 1 is 1.42 bits per heavy atom. The molecule has 0 bridgehead atoms. The van der Waals surface area contributed by atoms with Crippen molar-refractivity contribution < 1.29 is 14.6 Å². The van der Waals surface area contributed by atoms with E-state index in [1.165, 1.54) is 11.3 Å². The van der Waals surface area contributed by atoms with Crippen LogP contribution in [0.15, 0.2) is 35.7 Å². The molecule has 1 N–H and O–H groups in total. The second-order valence-electron chi connectivity index (χ2n) is 3.96. The summed E-state index contributed by atoms with van der Waals surface area (Å²) in [6.45, 7) is 1.98. The van der Waals surface area contributed by atoms with Crippen molar-refractivity contribution in [3.8, 4) is 11.3 Å². The molecule has 1 aromatic heterocycles. The number of aliphatic hydroxyl groups is 1. The molecule has 0 aliphatic carbocycles. The molecular formula is C14H15NO3S. The van der Waals surface area contributed by atoms with Crippen LogP contribution in [0.5, 0.6) is 0 Å². The molecule has 1 atom stereocenters. The van der Waals surface area contributed by atoms with Gasteiger partial charge in [-0.2, -0.15) is 0 Å². The number of carbonyl (C=O) groups is 1. The van der Waals surface area contributed by atoms with Crippen molar-refractivity contribution in [3.05, 3.63) is 40.7 Å². The van der Waals surface area contributed by atoms with Gasteiger partial charge < -0.3 is 9.84 Å². The third-order valence-corrected chi connectivity index (χ3v) is 3.42. The Labute approximate surface area is 115 Å². The van der Waals surface area contributed by atoms with Crippen molar-refractivity contribution in [1.82, 2.24) is 4.98 Å². The molecule has 2 aromatic rings. The lowest BCUT2D eigenvalue weighted by Gasteiger charge is -2.07. The third kappa shape index (κ3) is 3.62. The number of esters is 1. The topological polar surface area (TPSA) is 59.4 Å². The van der Waals surface area contributed by atoms with Gasteiger partial charge in [-0.25, -0.2) is 9.78 Å². The Morgan fingerprint density at radius 3 is 2.84 bits per heavy atom. The molecule has 1 heterocycles. The van der Waals surface area contributed by atoms with E-state index in [1.54, 1.807) is 6.92 Å². The second-order valence-corrected chi connectivity index (χ2v) is 4.91. The number of nitrogens with zero attached hydrogens (tertiary/aromatic N) is 1. The summed E-state index contributed by atoms with van der Waals surface area (Å²) in [5.41, 5.74) is 1.88. The van der Waals surface area contributed by atoms with Crippen molar-refractivity contribution in [2.75, 3.05) is 6.61 Å².